The fourth-order valence-electron chi connectivity index (χ4n) is 3.48. The molecule has 0 aliphatic carbocycles. The topological polar surface area (TPSA) is 72.2 Å². The molecule has 11 heteroatoms. The zero-order valence-electron chi connectivity index (χ0n) is 16.9. The summed E-state index contributed by atoms with van der Waals surface area (Å²) >= 11 is 3.42. The van der Waals surface area contributed by atoms with Crippen molar-refractivity contribution in [1.29, 1.82) is 0 Å². The number of nitrogens with one attached hydrogen (secondary N) is 1. The molecule has 0 aliphatic rings. The monoisotopic (exact) mass is 529 g/mol. The van der Waals surface area contributed by atoms with Crippen LogP contribution in [0.5, 0.6) is 0 Å². The fourth-order valence-corrected chi connectivity index (χ4v) is 3.93. The van der Waals surface area contributed by atoms with Crippen LogP contribution in [0.4, 0.5) is 23.2 Å². The van der Waals surface area contributed by atoms with E-state index in [1.807, 2.05) is 6.07 Å². The lowest BCUT2D eigenvalue weighted by Gasteiger charge is -2.11. The minimum atomic E-state index is -4.78. The van der Waals surface area contributed by atoms with Gasteiger partial charge in [-0.15, -0.1) is 0 Å². The van der Waals surface area contributed by atoms with Crippen molar-refractivity contribution in [3.05, 3.63) is 88.5 Å². The number of benzene rings is 2. The maximum absolute atomic E-state index is 13.8. The van der Waals surface area contributed by atoms with Crippen molar-refractivity contribution in [2.45, 2.75) is 6.18 Å². The molecule has 0 atom stereocenters. The van der Waals surface area contributed by atoms with Gasteiger partial charge in [-0.25, -0.2) is 13.9 Å². The van der Waals surface area contributed by atoms with E-state index in [1.165, 1.54) is 12.1 Å². The molecule has 0 spiro atoms. The number of carbonyl (C=O) groups is 1. The van der Waals surface area contributed by atoms with Gasteiger partial charge in [0.05, 0.1) is 16.9 Å². The maximum Gasteiger partial charge on any atom is 0.433 e. The lowest BCUT2D eigenvalue weighted by molar-refractivity contribution is -0.142. The van der Waals surface area contributed by atoms with Gasteiger partial charge in [0.15, 0.2) is 17.0 Å². The second-order valence-corrected chi connectivity index (χ2v) is 8.13. The number of halogens is 5. The summed E-state index contributed by atoms with van der Waals surface area (Å²) < 4.78 is 55.9. The Morgan fingerprint density at radius 1 is 1.03 bits per heavy atom. The Labute approximate surface area is 197 Å². The van der Waals surface area contributed by atoms with Crippen molar-refractivity contribution in [2.75, 3.05) is 5.32 Å². The number of alkyl halides is 3. The van der Waals surface area contributed by atoms with Crippen LogP contribution in [0.1, 0.15) is 16.2 Å². The van der Waals surface area contributed by atoms with E-state index in [-0.39, 0.29) is 22.6 Å². The molecule has 2 aromatic carbocycles. The minimum Gasteiger partial charge on any atom is -0.319 e. The highest BCUT2D eigenvalue weighted by atomic mass is 79.9. The molecule has 0 unspecified atom stereocenters. The standard InChI is InChI=1S/C23H12BrF4N5O/c24-15-7-8-16(21-14(15)2-1-9-29-21)31-22(34)18-11-20-30-17(12-3-5-13(25)6-4-12)10-19(23(26,27)28)33(20)32-18/h1-11H,(H,31,34). The van der Waals surface area contributed by atoms with Gasteiger partial charge in [0.1, 0.15) is 5.82 Å². The van der Waals surface area contributed by atoms with Gasteiger partial charge in [0.2, 0.25) is 0 Å². The van der Waals surface area contributed by atoms with Gasteiger partial charge in [-0.3, -0.25) is 9.78 Å². The number of rotatable bonds is 3. The van der Waals surface area contributed by atoms with Gasteiger partial charge in [-0.05, 0) is 48.5 Å². The molecule has 6 nitrogen and oxygen atoms in total. The van der Waals surface area contributed by atoms with Gasteiger partial charge >= 0.3 is 6.18 Å². The molecule has 3 heterocycles. The molecule has 5 aromatic rings. The number of nitrogens with zero attached hydrogens (tertiary/aromatic N) is 4. The summed E-state index contributed by atoms with van der Waals surface area (Å²) in [5.74, 6) is -1.25. The van der Waals surface area contributed by atoms with Crippen LogP contribution in [0.3, 0.4) is 0 Å². The van der Waals surface area contributed by atoms with Crippen molar-refractivity contribution < 1.29 is 22.4 Å². The van der Waals surface area contributed by atoms with Crippen LogP contribution >= 0.6 is 15.9 Å². The first kappa shape index (κ1) is 22.0. The average molecular weight is 530 g/mol. The number of hydrogen-bond donors (Lipinski definition) is 1. The molecule has 0 saturated carbocycles. The first-order valence-electron chi connectivity index (χ1n) is 9.79. The largest absolute Gasteiger partial charge is 0.433 e. The Morgan fingerprint density at radius 2 is 1.79 bits per heavy atom. The zero-order chi connectivity index (χ0) is 24.0. The summed E-state index contributed by atoms with van der Waals surface area (Å²) in [6.07, 6.45) is -3.21. The fraction of sp³-hybridized carbons (Fsp3) is 0.0435. The van der Waals surface area contributed by atoms with E-state index in [9.17, 15) is 22.4 Å². The van der Waals surface area contributed by atoms with Crippen molar-refractivity contribution in [2.24, 2.45) is 0 Å². The van der Waals surface area contributed by atoms with Gasteiger partial charge in [0.25, 0.3) is 5.91 Å². The van der Waals surface area contributed by atoms with Crippen molar-refractivity contribution in [1.82, 2.24) is 19.6 Å². The molecular weight excluding hydrogens is 518 g/mol. The van der Waals surface area contributed by atoms with E-state index in [0.29, 0.717) is 15.7 Å². The Bertz CT molecular complexity index is 1560. The van der Waals surface area contributed by atoms with E-state index in [0.717, 1.165) is 34.1 Å². The Balaban J connectivity index is 1.58. The molecule has 34 heavy (non-hydrogen) atoms. The molecule has 0 saturated heterocycles. The summed E-state index contributed by atoms with van der Waals surface area (Å²) in [7, 11) is 0. The van der Waals surface area contributed by atoms with E-state index >= 15 is 0 Å². The molecule has 0 fully saturated rings. The van der Waals surface area contributed by atoms with Crippen molar-refractivity contribution in [3.8, 4) is 11.3 Å². The highest BCUT2D eigenvalue weighted by molar-refractivity contribution is 9.10. The van der Waals surface area contributed by atoms with Gasteiger partial charge in [0, 0.05) is 27.7 Å². The SMILES string of the molecule is O=C(Nc1ccc(Br)c2cccnc12)c1cc2nc(-c3ccc(F)cc3)cc(C(F)(F)F)n2n1. The average Bonchev–Trinajstić information content (AvgIpc) is 3.24. The zero-order valence-corrected chi connectivity index (χ0v) is 18.5. The maximum atomic E-state index is 13.8. The minimum absolute atomic E-state index is 0.0326. The quantitative estimate of drug-likeness (QED) is 0.286. The molecule has 1 amide bonds. The second-order valence-electron chi connectivity index (χ2n) is 7.28. The number of fused-ring (bicyclic) bond motifs is 2. The van der Waals surface area contributed by atoms with E-state index in [2.05, 4.69) is 36.3 Å². The Morgan fingerprint density at radius 3 is 2.53 bits per heavy atom. The van der Waals surface area contributed by atoms with E-state index in [4.69, 9.17) is 0 Å². The lowest BCUT2D eigenvalue weighted by Crippen LogP contribution is -2.16. The van der Waals surface area contributed by atoms with Crippen LogP contribution in [0.25, 0.3) is 27.8 Å². The number of aromatic nitrogens is 4. The van der Waals surface area contributed by atoms with Crippen LogP contribution in [-0.2, 0) is 6.18 Å². The van der Waals surface area contributed by atoms with Crippen LogP contribution < -0.4 is 5.32 Å². The molecule has 5 rings (SSSR count). The lowest BCUT2D eigenvalue weighted by atomic mass is 10.1. The third kappa shape index (κ3) is 3.98. The third-order valence-corrected chi connectivity index (χ3v) is 5.75. The number of amides is 1. The van der Waals surface area contributed by atoms with Crippen LogP contribution in [-0.4, -0.2) is 25.5 Å². The molecule has 170 valence electrons. The number of carbonyl (C=O) groups excluding carboxylic acids is 1. The first-order valence-corrected chi connectivity index (χ1v) is 10.6. The summed E-state index contributed by atoms with van der Waals surface area (Å²) in [6, 6.07) is 13.8. The van der Waals surface area contributed by atoms with Gasteiger partial charge in [-0.2, -0.15) is 18.3 Å². The smallest absolute Gasteiger partial charge is 0.319 e. The van der Waals surface area contributed by atoms with Gasteiger partial charge < -0.3 is 5.32 Å². The van der Waals surface area contributed by atoms with Crippen molar-refractivity contribution in [3.63, 3.8) is 0 Å². The number of pyridine rings is 1. The molecule has 3 aromatic heterocycles. The molecule has 1 N–H and O–H groups in total. The van der Waals surface area contributed by atoms with Crippen LogP contribution in [0, 0.1) is 5.82 Å². The summed E-state index contributed by atoms with van der Waals surface area (Å²) in [5, 5.41) is 7.26. The second kappa shape index (κ2) is 8.17. The molecule has 0 aliphatic heterocycles. The third-order valence-electron chi connectivity index (χ3n) is 5.05. The Hall–Kier alpha value is -3.86. The first-order chi connectivity index (χ1) is 16.2. The van der Waals surface area contributed by atoms with Crippen LogP contribution in [0.15, 0.2) is 71.3 Å². The molecule has 0 radical (unpaired) electrons. The summed E-state index contributed by atoms with van der Waals surface area (Å²) in [4.78, 5) is 21.4. The highest BCUT2D eigenvalue weighted by Crippen LogP contribution is 2.33. The highest BCUT2D eigenvalue weighted by Gasteiger charge is 2.35. The molecule has 0 bridgehead atoms. The normalized spacial score (nSPS) is 11.8. The Kier molecular flexibility index (Phi) is 5.28. The predicted molar refractivity (Wildman–Crippen MR) is 121 cm³/mol. The van der Waals surface area contributed by atoms with Gasteiger partial charge in [-0.1, -0.05) is 22.0 Å². The number of hydrogen-bond acceptors (Lipinski definition) is 4. The summed E-state index contributed by atoms with van der Waals surface area (Å²) in [6.45, 7) is 0. The summed E-state index contributed by atoms with van der Waals surface area (Å²) in [5.41, 5.74) is -0.437. The predicted octanol–water partition coefficient (Wildman–Crippen LogP) is 6.12. The van der Waals surface area contributed by atoms with E-state index < -0.39 is 23.6 Å². The van der Waals surface area contributed by atoms with E-state index in [1.54, 1.807) is 24.4 Å². The van der Waals surface area contributed by atoms with Crippen molar-refractivity contribution >= 4 is 44.1 Å². The number of anilines is 1. The van der Waals surface area contributed by atoms with Crippen LogP contribution in [0.2, 0.25) is 0 Å². The molecular formula is C23H12BrF4N5O.